The van der Waals surface area contributed by atoms with Crippen LogP contribution in [0.1, 0.15) is 24.8 Å². The molecule has 2 N–H and O–H groups in total. The maximum absolute atomic E-state index is 9.99. The first kappa shape index (κ1) is 15.7. The summed E-state index contributed by atoms with van der Waals surface area (Å²) < 4.78 is 5.60. The van der Waals surface area contributed by atoms with Crippen LogP contribution in [0.15, 0.2) is 24.3 Å². The fourth-order valence-corrected chi connectivity index (χ4v) is 3.58. The summed E-state index contributed by atoms with van der Waals surface area (Å²) in [6.45, 7) is 2.99. The summed E-state index contributed by atoms with van der Waals surface area (Å²) in [5, 5.41) is 14.2. The number of hydrogen-bond acceptors (Lipinski definition) is 4. The van der Waals surface area contributed by atoms with Crippen LogP contribution in [0.4, 0.5) is 0 Å². The Morgan fingerprint density at radius 2 is 2.10 bits per heavy atom. The number of ether oxygens (including phenoxy) is 1. The van der Waals surface area contributed by atoms with Crippen LogP contribution in [0.2, 0.25) is 0 Å². The van der Waals surface area contributed by atoms with Gasteiger partial charge in [-0.3, -0.25) is 0 Å². The Hall–Kier alpha value is -0.710. The zero-order chi connectivity index (χ0) is 14.4. The largest absolute Gasteiger partial charge is 0.491 e. The Balaban J connectivity index is 1.67. The van der Waals surface area contributed by atoms with E-state index in [9.17, 15) is 5.11 Å². The third-order valence-corrected chi connectivity index (χ3v) is 5.00. The molecule has 1 aromatic rings. The summed E-state index contributed by atoms with van der Waals surface area (Å²) in [6.07, 6.45) is 5.51. The lowest BCUT2D eigenvalue weighted by atomic mass is 10.2. The van der Waals surface area contributed by atoms with E-state index >= 15 is 0 Å². The Kier molecular flexibility index (Phi) is 6.20. The molecule has 1 fully saturated rings. The maximum Gasteiger partial charge on any atom is 0.119 e. The molecule has 1 aliphatic carbocycles. The fraction of sp³-hybridized carbons (Fsp3) is 0.625. The van der Waals surface area contributed by atoms with E-state index in [1.165, 1.54) is 24.8 Å². The van der Waals surface area contributed by atoms with Crippen molar-refractivity contribution in [3.63, 3.8) is 0 Å². The van der Waals surface area contributed by atoms with Crippen LogP contribution in [0, 0.1) is 6.92 Å². The Morgan fingerprint density at radius 1 is 1.35 bits per heavy atom. The lowest BCUT2D eigenvalue weighted by molar-refractivity contribution is 0.104. The zero-order valence-electron chi connectivity index (χ0n) is 12.3. The number of aliphatic hydroxyl groups excluding tert-OH is 1. The summed E-state index contributed by atoms with van der Waals surface area (Å²) in [7, 11) is 0. The summed E-state index contributed by atoms with van der Waals surface area (Å²) in [5.41, 5.74) is 1.21. The van der Waals surface area contributed by atoms with Crippen molar-refractivity contribution in [1.82, 2.24) is 5.32 Å². The predicted octanol–water partition coefficient (Wildman–Crippen LogP) is 2.61. The molecule has 0 spiro atoms. The van der Waals surface area contributed by atoms with E-state index in [4.69, 9.17) is 4.74 Å². The van der Waals surface area contributed by atoms with Gasteiger partial charge in [-0.15, -0.1) is 0 Å². The Bertz CT molecular complexity index is 396. The second-order valence-corrected chi connectivity index (χ2v) is 6.57. The lowest BCUT2D eigenvalue weighted by Crippen LogP contribution is -2.40. The molecule has 1 saturated carbocycles. The number of benzene rings is 1. The van der Waals surface area contributed by atoms with Gasteiger partial charge in [0.2, 0.25) is 0 Å². The molecule has 3 atom stereocenters. The van der Waals surface area contributed by atoms with Crippen molar-refractivity contribution in [3.8, 4) is 5.75 Å². The van der Waals surface area contributed by atoms with Gasteiger partial charge in [0, 0.05) is 17.8 Å². The Morgan fingerprint density at radius 3 is 2.80 bits per heavy atom. The van der Waals surface area contributed by atoms with Gasteiger partial charge >= 0.3 is 0 Å². The third kappa shape index (κ3) is 4.69. The van der Waals surface area contributed by atoms with Gasteiger partial charge in [0.1, 0.15) is 18.5 Å². The molecule has 0 aromatic heterocycles. The van der Waals surface area contributed by atoms with Gasteiger partial charge < -0.3 is 15.2 Å². The summed E-state index contributed by atoms with van der Waals surface area (Å²) in [5.74, 6) is 0.817. The normalized spacial score (nSPS) is 23.8. The highest BCUT2D eigenvalue weighted by Gasteiger charge is 2.26. The summed E-state index contributed by atoms with van der Waals surface area (Å²) in [4.78, 5) is 0. The van der Waals surface area contributed by atoms with Crippen LogP contribution in [0.3, 0.4) is 0 Å². The molecule has 0 radical (unpaired) electrons. The van der Waals surface area contributed by atoms with E-state index in [1.807, 2.05) is 43.0 Å². The molecule has 2 rings (SSSR count). The number of hydrogen-bond donors (Lipinski definition) is 2. The van der Waals surface area contributed by atoms with Crippen LogP contribution in [0.5, 0.6) is 5.75 Å². The van der Waals surface area contributed by atoms with Gasteiger partial charge in [-0.1, -0.05) is 24.1 Å². The topological polar surface area (TPSA) is 41.5 Å². The number of thioether (sulfide) groups is 1. The molecule has 0 amide bonds. The van der Waals surface area contributed by atoms with Crippen LogP contribution in [0.25, 0.3) is 0 Å². The van der Waals surface area contributed by atoms with Crippen molar-refractivity contribution in [2.24, 2.45) is 0 Å². The first-order valence-corrected chi connectivity index (χ1v) is 8.61. The molecule has 0 aliphatic heterocycles. The molecule has 20 heavy (non-hydrogen) atoms. The number of aliphatic hydroxyl groups is 1. The molecular weight excluding hydrogens is 270 g/mol. The molecule has 112 valence electrons. The average Bonchev–Trinajstić information content (AvgIpc) is 2.92. The van der Waals surface area contributed by atoms with Gasteiger partial charge in [0.25, 0.3) is 0 Å². The van der Waals surface area contributed by atoms with Crippen LogP contribution >= 0.6 is 11.8 Å². The highest BCUT2D eigenvalue weighted by Crippen LogP contribution is 2.28. The van der Waals surface area contributed by atoms with Crippen molar-refractivity contribution in [1.29, 1.82) is 0 Å². The van der Waals surface area contributed by atoms with Gasteiger partial charge in [-0.05, 0) is 38.2 Å². The van der Waals surface area contributed by atoms with Crippen LogP contribution < -0.4 is 10.1 Å². The van der Waals surface area contributed by atoms with Gasteiger partial charge in [0.15, 0.2) is 0 Å². The zero-order valence-corrected chi connectivity index (χ0v) is 13.2. The quantitative estimate of drug-likeness (QED) is 0.811. The van der Waals surface area contributed by atoms with Crippen molar-refractivity contribution >= 4 is 11.8 Å². The minimum Gasteiger partial charge on any atom is -0.491 e. The second-order valence-electron chi connectivity index (χ2n) is 5.50. The third-order valence-electron chi connectivity index (χ3n) is 3.83. The molecule has 1 aromatic carbocycles. The maximum atomic E-state index is 9.99. The van der Waals surface area contributed by atoms with E-state index in [2.05, 4.69) is 11.6 Å². The van der Waals surface area contributed by atoms with Crippen molar-refractivity contribution in [2.75, 3.05) is 19.4 Å². The molecule has 3 nitrogen and oxygen atoms in total. The first-order valence-electron chi connectivity index (χ1n) is 7.32. The lowest BCUT2D eigenvalue weighted by Gasteiger charge is -2.21. The second kappa shape index (κ2) is 7.91. The Labute approximate surface area is 126 Å². The monoisotopic (exact) mass is 295 g/mol. The highest BCUT2D eigenvalue weighted by atomic mass is 32.2. The van der Waals surface area contributed by atoms with Gasteiger partial charge in [0.05, 0.1) is 0 Å². The molecular formula is C16H25NO2S. The first-order chi connectivity index (χ1) is 9.69. The van der Waals surface area contributed by atoms with Crippen LogP contribution in [-0.4, -0.2) is 41.9 Å². The van der Waals surface area contributed by atoms with Gasteiger partial charge in [-0.2, -0.15) is 11.8 Å². The number of rotatable bonds is 7. The van der Waals surface area contributed by atoms with E-state index in [-0.39, 0.29) is 0 Å². The minimum atomic E-state index is -0.459. The van der Waals surface area contributed by atoms with E-state index in [0.717, 1.165) is 5.75 Å². The van der Waals surface area contributed by atoms with Crippen LogP contribution in [-0.2, 0) is 0 Å². The molecule has 0 bridgehead atoms. The highest BCUT2D eigenvalue weighted by molar-refractivity contribution is 7.99. The number of nitrogens with one attached hydrogen (secondary N) is 1. The van der Waals surface area contributed by atoms with E-state index < -0.39 is 6.10 Å². The fourth-order valence-electron chi connectivity index (χ4n) is 2.61. The van der Waals surface area contributed by atoms with Gasteiger partial charge in [-0.25, -0.2) is 0 Å². The van der Waals surface area contributed by atoms with Crippen molar-refractivity contribution in [2.45, 2.75) is 43.6 Å². The molecule has 1 aliphatic rings. The summed E-state index contributed by atoms with van der Waals surface area (Å²) >= 11 is 1.93. The molecule has 3 unspecified atom stereocenters. The minimum absolute atomic E-state index is 0.340. The number of aryl methyl sites for hydroxylation is 1. The molecule has 0 heterocycles. The SMILES string of the molecule is CSC1CCCC1NCC(O)COc1ccc(C)cc1. The smallest absolute Gasteiger partial charge is 0.119 e. The molecule has 4 heteroatoms. The van der Waals surface area contributed by atoms with Crippen molar-refractivity contribution in [3.05, 3.63) is 29.8 Å². The van der Waals surface area contributed by atoms with Crippen molar-refractivity contribution < 1.29 is 9.84 Å². The average molecular weight is 295 g/mol. The standard InChI is InChI=1S/C16H25NO2S/c1-12-6-8-14(9-7-12)19-11-13(18)10-17-15-4-3-5-16(15)20-2/h6-9,13,15-18H,3-5,10-11H2,1-2H3. The summed E-state index contributed by atoms with van der Waals surface area (Å²) in [6, 6.07) is 8.45. The van der Waals surface area contributed by atoms with E-state index in [1.54, 1.807) is 0 Å². The predicted molar refractivity (Wildman–Crippen MR) is 85.6 cm³/mol. The van der Waals surface area contributed by atoms with E-state index in [0.29, 0.717) is 24.4 Å². The molecule has 0 saturated heterocycles.